The standard InChI is InChI=1S/C15H13NO5/c1-9-2-4-10(5-3-9)15(19)11-6-13(16(20)21)12(8-17)14(18)7-11/h2-7,17-18H,8H2,1H3. The molecule has 2 rings (SSSR count). The molecule has 2 aromatic rings. The highest BCUT2D eigenvalue weighted by molar-refractivity contribution is 6.09. The summed E-state index contributed by atoms with van der Waals surface area (Å²) < 4.78 is 0. The number of rotatable bonds is 4. The maximum atomic E-state index is 12.3. The molecular weight excluding hydrogens is 274 g/mol. The first-order chi connectivity index (χ1) is 9.93. The van der Waals surface area contributed by atoms with Gasteiger partial charge in [-0.1, -0.05) is 29.8 Å². The van der Waals surface area contributed by atoms with E-state index < -0.39 is 28.8 Å². The molecule has 0 aliphatic rings. The largest absolute Gasteiger partial charge is 0.507 e. The fourth-order valence-electron chi connectivity index (χ4n) is 1.97. The summed E-state index contributed by atoms with van der Waals surface area (Å²) in [4.78, 5) is 22.5. The van der Waals surface area contributed by atoms with Crippen molar-refractivity contribution in [2.45, 2.75) is 13.5 Å². The molecule has 0 heterocycles. The highest BCUT2D eigenvalue weighted by Crippen LogP contribution is 2.30. The van der Waals surface area contributed by atoms with Gasteiger partial charge in [0.05, 0.1) is 17.1 Å². The molecule has 0 saturated heterocycles. The number of aliphatic hydroxyl groups excluding tert-OH is 1. The molecule has 0 aromatic heterocycles. The third-order valence-corrected chi connectivity index (χ3v) is 3.13. The van der Waals surface area contributed by atoms with E-state index in [1.165, 1.54) is 0 Å². The molecule has 0 aliphatic heterocycles. The molecule has 0 amide bonds. The van der Waals surface area contributed by atoms with Gasteiger partial charge in [0.15, 0.2) is 5.78 Å². The summed E-state index contributed by atoms with van der Waals surface area (Å²) in [5.41, 5.74) is 0.663. The van der Waals surface area contributed by atoms with Crippen LogP contribution in [0.3, 0.4) is 0 Å². The van der Waals surface area contributed by atoms with E-state index in [-0.39, 0.29) is 11.1 Å². The van der Waals surface area contributed by atoms with E-state index in [9.17, 15) is 20.0 Å². The normalized spacial score (nSPS) is 10.4. The van der Waals surface area contributed by atoms with Gasteiger partial charge in [-0.3, -0.25) is 14.9 Å². The fourth-order valence-corrected chi connectivity index (χ4v) is 1.97. The Morgan fingerprint density at radius 1 is 1.19 bits per heavy atom. The van der Waals surface area contributed by atoms with Crippen LogP contribution in [0.1, 0.15) is 27.0 Å². The summed E-state index contributed by atoms with van der Waals surface area (Å²) in [6.45, 7) is 1.20. The molecule has 0 spiro atoms. The number of benzene rings is 2. The Morgan fingerprint density at radius 3 is 2.33 bits per heavy atom. The number of carbonyl (C=O) groups excluding carboxylic acids is 1. The van der Waals surface area contributed by atoms with Crippen molar-refractivity contribution in [2.24, 2.45) is 0 Å². The number of aryl methyl sites for hydroxylation is 1. The lowest BCUT2D eigenvalue weighted by molar-refractivity contribution is -0.386. The average molecular weight is 287 g/mol. The number of hydrogen-bond donors (Lipinski definition) is 2. The van der Waals surface area contributed by atoms with Crippen LogP contribution >= 0.6 is 0 Å². The zero-order valence-electron chi connectivity index (χ0n) is 11.2. The minimum Gasteiger partial charge on any atom is -0.507 e. The van der Waals surface area contributed by atoms with Gasteiger partial charge in [0.25, 0.3) is 5.69 Å². The van der Waals surface area contributed by atoms with Crippen molar-refractivity contribution in [3.05, 3.63) is 68.8 Å². The molecular formula is C15H13NO5. The first-order valence-electron chi connectivity index (χ1n) is 6.16. The van der Waals surface area contributed by atoms with Crippen molar-refractivity contribution in [1.29, 1.82) is 0 Å². The molecule has 2 aromatic carbocycles. The van der Waals surface area contributed by atoms with Gasteiger partial charge in [-0.2, -0.15) is 0 Å². The van der Waals surface area contributed by atoms with Crippen LogP contribution in [0.2, 0.25) is 0 Å². The van der Waals surface area contributed by atoms with E-state index >= 15 is 0 Å². The van der Waals surface area contributed by atoms with Crippen LogP contribution in [0, 0.1) is 17.0 Å². The van der Waals surface area contributed by atoms with Crippen LogP contribution in [0.25, 0.3) is 0 Å². The first kappa shape index (κ1) is 14.7. The second kappa shape index (κ2) is 5.72. The monoisotopic (exact) mass is 287 g/mol. The van der Waals surface area contributed by atoms with Gasteiger partial charge in [-0.05, 0) is 13.0 Å². The van der Waals surface area contributed by atoms with Crippen molar-refractivity contribution < 1.29 is 19.9 Å². The fraction of sp³-hybridized carbons (Fsp3) is 0.133. The van der Waals surface area contributed by atoms with Crippen LogP contribution in [-0.4, -0.2) is 20.9 Å². The molecule has 21 heavy (non-hydrogen) atoms. The predicted octanol–water partition coefficient (Wildman–Crippen LogP) is 2.33. The number of aliphatic hydroxyl groups is 1. The Balaban J connectivity index is 2.51. The Hall–Kier alpha value is -2.73. The molecule has 0 bridgehead atoms. The number of carbonyl (C=O) groups is 1. The van der Waals surface area contributed by atoms with E-state index in [4.69, 9.17) is 5.11 Å². The molecule has 2 N–H and O–H groups in total. The number of aromatic hydroxyl groups is 1. The SMILES string of the molecule is Cc1ccc(C(=O)c2cc(O)c(CO)c([N+](=O)[O-])c2)cc1. The number of nitro groups is 1. The van der Waals surface area contributed by atoms with Crippen LogP contribution in [-0.2, 0) is 6.61 Å². The van der Waals surface area contributed by atoms with Crippen LogP contribution < -0.4 is 0 Å². The second-order valence-corrected chi connectivity index (χ2v) is 4.60. The van der Waals surface area contributed by atoms with E-state index in [0.717, 1.165) is 17.7 Å². The maximum absolute atomic E-state index is 12.3. The molecule has 0 saturated carbocycles. The Labute approximate surface area is 120 Å². The molecule has 0 aliphatic carbocycles. The number of nitro benzene ring substituents is 1. The minimum atomic E-state index is -0.739. The van der Waals surface area contributed by atoms with Crippen molar-refractivity contribution in [1.82, 2.24) is 0 Å². The van der Waals surface area contributed by atoms with Crippen LogP contribution in [0.15, 0.2) is 36.4 Å². The van der Waals surface area contributed by atoms with E-state index in [1.54, 1.807) is 24.3 Å². The van der Waals surface area contributed by atoms with E-state index in [1.807, 2.05) is 6.92 Å². The van der Waals surface area contributed by atoms with Crippen LogP contribution in [0.5, 0.6) is 5.75 Å². The van der Waals surface area contributed by atoms with Gasteiger partial charge < -0.3 is 10.2 Å². The van der Waals surface area contributed by atoms with Gasteiger partial charge in [-0.15, -0.1) is 0 Å². The Bertz CT molecular complexity index is 707. The van der Waals surface area contributed by atoms with Crippen molar-refractivity contribution in [2.75, 3.05) is 0 Å². The molecule has 6 heteroatoms. The lowest BCUT2D eigenvalue weighted by atomic mass is 9.99. The van der Waals surface area contributed by atoms with Gasteiger partial charge in [0.1, 0.15) is 5.75 Å². The maximum Gasteiger partial charge on any atom is 0.279 e. The lowest BCUT2D eigenvalue weighted by Crippen LogP contribution is -2.04. The smallest absolute Gasteiger partial charge is 0.279 e. The highest BCUT2D eigenvalue weighted by atomic mass is 16.6. The summed E-state index contributed by atoms with van der Waals surface area (Å²) in [7, 11) is 0. The van der Waals surface area contributed by atoms with E-state index in [2.05, 4.69) is 0 Å². The third-order valence-electron chi connectivity index (χ3n) is 3.13. The molecule has 6 nitrogen and oxygen atoms in total. The molecule has 0 atom stereocenters. The highest BCUT2D eigenvalue weighted by Gasteiger charge is 2.22. The summed E-state index contributed by atoms with van der Waals surface area (Å²) >= 11 is 0. The Morgan fingerprint density at radius 2 is 1.81 bits per heavy atom. The van der Waals surface area contributed by atoms with Crippen LogP contribution in [0.4, 0.5) is 5.69 Å². The average Bonchev–Trinajstić information content (AvgIpc) is 2.46. The third kappa shape index (κ3) is 2.90. The zero-order valence-corrected chi connectivity index (χ0v) is 11.2. The van der Waals surface area contributed by atoms with Crippen molar-refractivity contribution >= 4 is 11.5 Å². The second-order valence-electron chi connectivity index (χ2n) is 4.60. The number of hydrogen-bond acceptors (Lipinski definition) is 5. The van der Waals surface area contributed by atoms with E-state index in [0.29, 0.717) is 5.56 Å². The Kier molecular flexibility index (Phi) is 4.00. The van der Waals surface area contributed by atoms with Gasteiger partial charge >= 0.3 is 0 Å². The molecule has 108 valence electrons. The minimum absolute atomic E-state index is 0.000234. The summed E-state index contributed by atoms with van der Waals surface area (Å²) in [6.07, 6.45) is 0. The molecule has 0 unspecified atom stereocenters. The predicted molar refractivity (Wildman–Crippen MR) is 75.3 cm³/mol. The molecule has 0 radical (unpaired) electrons. The quantitative estimate of drug-likeness (QED) is 0.510. The summed E-state index contributed by atoms with van der Waals surface area (Å²) in [6, 6.07) is 8.92. The number of ketones is 1. The number of nitrogens with zero attached hydrogens (tertiary/aromatic N) is 1. The zero-order chi connectivity index (χ0) is 15.6. The van der Waals surface area contributed by atoms with Gasteiger partial charge in [0, 0.05) is 17.2 Å². The first-order valence-corrected chi connectivity index (χ1v) is 6.16. The van der Waals surface area contributed by atoms with Crippen molar-refractivity contribution in [3.8, 4) is 5.75 Å². The summed E-state index contributed by atoms with van der Waals surface area (Å²) in [5, 5.41) is 29.8. The molecule has 0 fully saturated rings. The van der Waals surface area contributed by atoms with Gasteiger partial charge in [0.2, 0.25) is 0 Å². The van der Waals surface area contributed by atoms with Crippen molar-refractivity contribution in [3.63, 3.8) is 0 Å². The summed E-state index contributed by atoms with van der Waals surface area (Å²) in [5.74, 6) is -0.903. The lowest BCUT2D eigenvalue weighted by Gasteiger charge is -2.07. The number of phenols is 1. The van der Waals surface area contributed by atoms with Gasteiger partial charge in [-0.25, -0.2) is 0 Å². The topological polar surface area (TPSA) is 101 Å².